The molecule has 0 fully saturated rings. The number of hydrogen-bond donors (Lipinski definition) is 2. The monoisotopic (exact) mass is 258 g/mol. The van der Waals surface area contributed by atoms with E-state index < -0.39 is 5.91 Å². The minimum Gasteiger partial charge on any atom is -0.508 e. The fourth-order valence-electron chi connectivity index (χ4n) is 1.51. The van der Waals surface area contributed by atoms with Crippen LogP contribution in [-0.2, 0) is 0 Å². The van der Waals surface area contributed by atoms with Crippen LogP contribution in [-0.4, -0.2) is 16.7 Å². The maximum absolute atomic E-state index is 11.7. The van der Waals surface area contributed by atoms with E-state index in [4.69, 9.17) is 4.42 Å². The Bertz CT molecular complexity index is 612. The van der Waals surface area contributed by atoms with Gasteiger partial charge in [0.25, 0.3) is 0 Å². The van der Waals surface area contributed by atoms with Crippen LogP contribution in [0.5, 0.6) is 5.75 Å². The van der Waals surface area contributed by atoms with Crippen molar-refractivity contribution in [2.24, 2.45) is 5.10 Å². The van der Waals surface area contributed by atoms with Crippen LogP contribution in [0.2, 0.25) is 0 Å². The van der Waals surface area contributed by atoms with E-state index in [0.717, 1.165) is 5.56 Å². The van der Waals surface area contributed by atoms with Crippen LogP contribution in [0.25, 0.3) is 0 Å². The summed E-state index contributed by atoms with van der Waals surface area (Å²) in [4.78, 5) is 11.7. The van der Waals surface area contributed by atoms with E-state index in [1.54, 1.807) is 50.2 Å². The van der Waals surface area contributed by atoms with Gasteiger partial charge in [0.15, 0.2) is 5.76 Å². The number of hydrogen-bond acceptors (Lipinski definition) is 4. The molecule has 0 saturated carbocycles. The lowest BCUT2D eigenvalue weighted by Crippen LogP contribution is -2.18. The number of hydrazone groups is 1. The minimum absolute atomic E-state index is 0.187. The summed E-state index contributed by atoms with van der Waals surface area (Å²) in [6.07, 6.45) is 0. The average Bonchev–Trinajstić information content (AvgIpc) is 2.83. The van der Waals surface area contributed by atoms with E-state index in [9.17, 15) is 9.90 Å². The predicted octanol–water partition coefficient (Wildman–Crippen LogP) is 2.45. The molecule has 0 spiro atoms. The summed E-state index contributed by atoms with van der Waals surface area (Å²) in [5.41, 5.74) is 3.87. The summed E-state index contributed by atoms with van der Waals surface area (Å²) in [5.74, 6) is 0.682. The van der Waals surface area contributed by atoms with Gasteiger partial charge in [0.1, 0.15) is 11.5 Å². The standard InChI is InChI=1S/C14H14N2O3/c1-9-3-8-13(19-9)14(18)16-15-10(2)11-4-6-12(17)7-5-11/h3-8,17H,1-2H3,(H,16,18)/b15-10+. The molecule has 1 heterocycles. The van der Waals surface area contributed by atoms with Gasteiger partial charge >= 0.3 is 5.91 Å². The summed E-state index contributed by atoms with van der Waals surface area (Å²) < 4.78 is 5.18. The van der Waals surface area contributed by atoms with Crippen molar-refractivity contribution >= 4 is 11.6 Å². The van der Waals surface area contributed by atoms with Gasteiger partial charge in [-0.15, -0.1) is 0 Å². The molecule has 0 radical (unpaired) electrons. The van der Waals surface area contributed by atoms with E-state index in [1.165, 1.54) is 0 Å². The number of carbonyl (C=O) groups excluding carboxylic acids is 1. The van der Waals surface area contributed by atoms with Crippen LogP contribution in [0.15, 0.2) is 45.9 Å². The molecule has 2 N–H and O–H groups in total. The van der Waals surface area contributed by atoms with Gasteiger partial charge < -0.3 is 9.52 Å². The number of nitrogens with zero attached hydrogens (tertiary/aromatic N) is 1. The first-order valence-electron chi connectivity index (χ1n) is 5.77. The van der Waals surface area contributed by atoms with Crippen molar-refractivity contribution in [3.63, 3.8) is 0 Å². The largest absolute Gasteiger partial charge is 0.508 e. The first-order valence-corrected chi connectivity index (χ1v) is 5.77. The quantitative estimate of drug-likeness (QED) is 0.656. The first-order chi connectivity index (χ1) is 9.06. The number of benzene rings is 1. The molecule has 0 aliphatic heterocycles. The highest BCUT2D eigenvalue weighted by Gasteiger charge is 2.08. The van der Waals surface area contributed by atoms with Crippen molar-refractivity contribution < 1.29 is 14.3 Å². The van der Waals surface area contributed by atoms with E-state index in [2.05, 4.69) is 10.5 Å². The molecule has 0 aliphatic rings. The Morgan fingerprint density at radius 2 is 1.89 bits per heavy atom. The van der Waals surface area contributed by atoms with Crippen molar-refractivity contribution in [1.82, 2.24) is 5.43 Å². The van der Waals surface area contributed by atoms with Gasteiger partial charge in [-0.05, 0) is 55.8 Å². The minimum atomic E-state index is -0.397. The number of amides is 1. The third kappa shape index (κ3) is 3.22. The maximum Gasteiger partial charge on any atom is 0.307 e. The number of aromatic hydroxyl groups is 1. The van der Waals surface area contributed by atoms with Crippen molar-refractivity contribution in [3.05, 3.63) is 53.5 Å². The highest BCUT2D eigenvalue weighted by atomic mass is 16.3. The zero-order valence-electron chi connectivity index (χ0n) is 10.7. The maximum atomic E-state index is 11.7. The first kappa shape index (κ1) is 12.9. The van der Waals surface area contributed by atoms with Crippen LogP contribution >= 0.6 is 0 Å². The summed E-state index contributed by atoms with van der Waals surface area (Å²) in [5, 5.41) is 13.2. The van der Waals surface area contributed by atoms with Gasteiger partial charge in [0.05, 0.1) is 5.71 Å². The molecule has 0 saturated heterocycles. The molecule has 5 heteroatoms. The summed E-state index contributed by atoms with van der Waals surface area (Å²) in [7, 11) is 0. The van der Waals surface area contributed by atoms with Crippen LogP contribution in [0.4, 0.5) is 0 Å². The van der Waals surface area contributed by atoms with Gasteiger partial charge in [-0.25, -0.2) is 5.43 Å². The summed E-state index contributed by atoms with van der Waals surface area (Å²) >= 11 is 0. The second-order valence-corrected chi connectivity index (χ2v) is 4.10. The molecule has 0 unspecified atom stereocenters. The number of furan rings is 1. The molecule has 0 bridgehead atoms. The molecular weight excluding hydrogens is 244 g/mol. The van der Waals surface area contributed by atoms with Crippen molar-refractivity contribution in [3.8, 4) is 5.75 Å². The van der Waals surface area contributed by atoms with E-state index in [1.807, 2.05) is 0 Å². The molecule has 1 amide bonds. The topological polar surface area (TPSA) is 74.8 Å². The number of nitrogens with one attached hydrogen (secondary N) is 1. The smallest absolute Gasteiger partial charge is 0.307 e. The van der Waals surface area contributed by atoms with Crippen LogP contribution in [0, 0.1) is 6.92 Å². The lowest BCUT2D eigenvalue weighted by Gasteiger charge is -2.01. The second-order valence-electron chi connectivity index (χ2n) is 4.10. The Morgan fingerprint density at radius 1 is 1.21 bits per heavy atom. The highest BCUT2D eigenvalue weighted by molar-refractivity contribution is 6.00. The van der Waals surface area contributed by atoms with Crippen molar-refractivity contribution in [1.29, 1.82) is 0 Å². The Kier molecular flexibility index (Phi) is 3.66. The molecule has 98 valence electrons. The number of carbonyl (C=O) groups is 1. The van der Waals surface area contributed by atoms with Crippen LogP contribution in [0.1, 0.15) is 28.8 Å². The number of phenols is 1. The Hall–Kier alpha value is -2.56. The van der Waals surface area contributed by atoms with E-state index in [-0.39, 0.29) is 11.5 Å². The van der Waals surface area contributed by atoms with Gasteiger partial charge in [-0.3, -0.25) is 4.79 Å². The Morgan fingerprint density at radius 3 is 2.47 bits per heavy atom. The average molecular weight is 258 g/mol. The van der Waals surface area contributed by atoms with Gasteiger partial charge in [0.2, 0.25) is 0 Å². The third-order valence-electron chi connectivity index (χ3n) is 2.57. The fourth-order valence-corrected chi connectivity index (χ4v) is 1.51. The number of rotatable bonds is 3. The fraction of sp³-hybridized carbons (Fsp3) is 0.143. The molecule has 19 heavy (non-hydrogen) atoms. The number of phenolic OH excluding ortho intramolecular Hbond substituents is 1. The molecule has 1 aromatic heterocycles. The van der Waals surface area contributed by atoms with Crippen molar-refractivity contribution in [2.45, 2.75) is 13.8 Å². The zero-order chi connectivity index (χ0) is 13.8. The van der Waals surface area contributed by atoms with Crippen molar-refractivity contribution in [2.75, 3.05) is 0 Å². The van der Waals surface area contributed by atoms with Gasteiger partial charge in [-0.2, -0.15) is 5.10 Å². The van der Waals surface area contributed by atoms with Crippen LogP contribution in [0.3, 0.4) is 0 Å². The number of aryl methyl sites for hydroxylation is 1. The van der Waals surface area contributed by atoms with Gasteiger partial charge in [-0.1, -0.05) is 0 Å². The van der Waals surface area contributed by atoms with E-state index >= 15 is 0 Å². The molecule has 5 nitrogen and oxygen atoms in total. The second kappa shape index (κ2) is 5.39. The SMILES string of the molecule is C/C(=N\NC(=O)c1ccc(C)o1)c1ccc(O)cc1. The molecular formula is C14H14N2O3. The van der Waals surface area contributed by atoms with Gasteiger partial charge in [0, 0.05) is 0 Å². The predicted molar refractivity (Wildman–Crippen MR) is 71.2 cm³/mol. The molecule has 0 aliphatic carbocycles. The Balaban J connectivity index is 2.06. The third-order valence-corrected chi connectivity index (χ3v) is 2.57. The van der Waals surface area contributed by atoms with Crippen LogP contribution < -0.4 is 5.43 Å². The molecule has 2 rings (SSSR count). The summed E-state index contributed by atoms with van der Waals surface area (Å²) in [6.45, 7) is 3.53. The molecule has 2 aromatic rings. The lowest BCUT2D eigenvalue weighted by atomic mass is 10.1. The van der Waals surface area contributed by atoms with E-state index in [0.29, 0.717) is 11.5 Å². The highest BCUT2D eigenvalue weighted by Crippen LogP contribution is 2.10. The zero-order valence-corrected chi connectivity index (χ0v) is 10.7. The summed E-state index contributed by atoms with van der Waals surface area (Å²) in [6, 6.07) is 9.87. The Labute approximate surface area is 110 Å². The molecule has 0 atom stereocenters. The normalized spacial score (nSPS) is 11.4. The lowest BCUT2D eigenvalue weighted by molar-refractivity contribution is 0.0926. The molecule has 1 aromatic carbocycles.